The van der Waals surface area contributed by atoms with Crippen molar-refractivity contribution in [1.29, 1.82) is 0 Å². The van der Waals surface area contributed by atoms with E-state index in [4.69, 9.17) is 0 Å². The zero-order valence-electron chi connectivity index (χ0n) is 17.1. The Bertz CT molecular complexity index is 1130. The summed E-state index contributed by atoms with van der Waals surface area (Å²) in [5.41, 5.74) is 6.25. The average Bonchev–Trinajstić information content (AvgIpc) is 2.79. The molecule has 0 spiro atoms. The predicted octanol–water partition coefficient (Wildman–Crippen LogP) is 6.43. The molecule has 0 radical (unpaired) electrons. The zero-order chi connectivity index (χ0) is 21.1. The molecule has 2 nitrogen and oxygen atoms in total. The molecule has 0 aliphatic rings. The molecule has 0 saturated heterocycles. The number of benzene rings is 4. The maximum atomic E-state index is 13.2. The number of rotatable bonds is 5. The first kappa shape index (κ1) is 19.5. The largest absolute Gasteiger partial charge is 0.289 e. The fourth-order valence-electron chi connectivity index (χ4n) is 3.43. The van der Waals surface area contributed by atoms with Crippen molar-refractivity contribution in [2.45, 2.75) is 13.8 Å². The van der Waals surface area contributed by atoms with Crippen LogP contribution in [0, 0.1) is 13.8 Å². The van der Waals surface area contributed by atoms with E-state index in [1.807, 2.05) is 105 Å². The molecule has 0 amide bonds. The molecule has 0 fully saturated rings. The minimum Gasteiger partial charge on any atom is -0.289 e. The van der Waals surface area contributed by atoms with Gasteiger partial charge in [-0.1, -0.05) is 90.0 Å². The maximum Gasteiger partial charge on any atom is 0.193 e. The van der Waals surface area contributed by atoms with E-state index in [0.29, 0.717) is 22.3 Å². The van der Waals surface area contributed by atoms with Crippen LogP contribution in [0.5, 0.6) is 0 Å². The second kappa shape index (κ2) is 8.30. The van der Waals surface area contributed by atoms with Gasteiger partial charge in [-0.3, -0.25) is 9.59 Å². The summed E-state index contributed by atoms with van der Waals surface area (Å²) in [4.78, 5) is 26.4. The summed E-state index contributed by atoms with van der Waals surface area (Å²) in [5, 5.41) is 0. The van der Waals surface area contributed by atoms with Crippen LogP contribution in [0.3, 0.4) is 0 Å². The van der Waals surface area contributed by atoms with Gasteiger partial charge in [0.05, 0.1) is 0 Å². The molecule has 0 N–H and O–H groups in total. The lowest BCUT2D eigenvalue weighted by molar-refractivity contribution is 0.103. The number of hydrogen-bond acceptors (Lipinski definition) is 2. The molecule has 0 atom stereocenters. The summed E-state index contributed by atoms with van der Waals surface area (Å²) in [6, 6.07) is 30.2. The summed E-state index contributed by atoms with van der Waals surface area (Å²) in [7, 11) is 0. The molecule has 0 saturated carbocycles. The first-order valence-corrected chi connectivity index (χ1v) is 9.94. The average molecular weight is 390 g/mol. The van der Waals surface area contributed by atoms with Crippen LogP contribution in [-0.4, -0.2) is 11.6 Å². The normalized spacial score (nSPS) is 10.6. The van der Waals surface area contributed by atoms with Crippen molar-refractivity contribution in [3.8, 4) is 11.1 Å². The Kier molecular flexibility index (Phi) is 5.40. The van der Waals surface area contributed by atoms with E-state index in [1.165, 1.54) is 0 Å². The van der Waals surface area contributed by atoms with Gasteiger partial charge < -0.3 is 0 Å². The monoisotopic (exact) mass is 390 g/mol. The highest BCUT2D eigenvalue weighted by atomic mass is 16.1. The number of carbonyl (C=O) groups is 2. The summed E-state index contributed by atoms with van der Waals surface area (Å²) in [6.07, 6.45) is 0. The molecule has 0 unspecified atom stereocenters. The van der Waals surface area contributed by atoms with Crippen LogP contribution in [-0.2, 0) is 0 Å². The summed E-state index contributed by atoms with van der Waals surface area (Å²) in [6.45, 7) is 3.98. The lowest BCUT2D eigenvalue weighted by atomic mass is 9.92. The molecule has 4 aromatic carbocycles. The van der Waals surface area contributed by atoms with E-state index in [9.17, 15) is 9.59 Å². The van der Waals surface area contributed by atoms with Gasteiger partial charge in [-0.25, -0.2) is 0 Å². The van der Waals surface area contributed by atoms with Crippen molar-refractivity contribution in [2.75, 3.05) is 0 Å². The van der Waals surface area contributed by atoms with Crippen LogP contribution >= 0.6 is 0 Å². The second-order valence-electron chi connectivity index (χ2n) is 7.56. The van der Waals surface area contributed by atoms with Gasteiger partial charge in [-0.15, -0.1) is 0 Å². The van der Waals surface area contributed by atoms with Crippen molar-refractivity contribution in [2.24, 2.45) is 0 Å². The Morgan fingerprint density at radius 2 is 0.900 bits per heavy atom. The number of carbonyl (C=O) groups excluding carboxylic acids is 2. The lowest BCUT2D eigenvalue weighted by Crippen LogP contribution is -2.07. The van der Waals surface area contributed by atoms with E-state index in [2.05, 4.69) is 0 Å². The molecule has 0 heterocycles. The van der Waals surface area contributed by atoms with Gasteiger partial charge in [0.1, 0.15) is 0 Å². The molecular weight excluding hydrogens is 368 g/mol. The highest BCUT2D eigenvalue weighted by Crippen LogP contribution is 2.25. The Hall–Kier alpha value is -3.78. The molecule has 30 heavy (non-hydrogen) atoms. The number of ketones is 2. The van der Waals surface area contributed by atoms with E-state index in [-0.39, 0.29) is 11.6 Å². The fraction of sp³-hybridized carbons (Fsp3) is 0.0714. The minimum absolute atomic E-state index is 0.0919. The molecule has 4 aromatic rings. The smallest absolute Gasteiger partial charge is 0.193 e. The van der Waals surface area contributed by atoms with Crippen LogP contribution in [0.2, 0.25) is 0 Å². The Morgan fingerprint density at radius 3 is 1.33 bits per heavy atom. The van der Waals surface area contributed by atoms with Gasteiger partial charge in [-0.2, -0.15) is 0 Å². The highest BCUT2D eigenvalue weighted by molar-refractivity contribution is 6.14. The topological polar surface area (TPSA) is 34.1 Å². The predicted molar refractivity (Wildman–Crippen MR) is 121 cm³/mol. The Morgan fingerprint density at radius 1 is 0.467 bits per heavy atom. The van der Waals surface area contributed by atoms with Crippen LogP contribution in [0.4, 0.5) is 0 Å². The van der Waals surface area contributed by atoms with Crippen LogP contribution in [0.1, 0.15) is 43.0 Å². The molecule has 2 heteroatoms. The summed E-state index contributed by atoms with van der Waals surface area (Å²) in [5.74, 6) is -0.184. The Labute approximate surface area is 176 Å². The lowest BCUT2D eigenvalue weighted by Gasteiger charge is -2.10. The van der Waals surface area contributed by atoms with E-state index >= 15 is 0 Å². The molecule has 0 aliphatic carbocycles. The van der Waals surface area contributed by atoms with Crippen molar-refractivity contribution in [3.63, 3.8) is 0 Å². The van der Waals surface area contributed by atoms with Crippen LogP contribution in [0.15, 0.2) is 97.1 Å². The van der Waals surface area contributed by atoms with Crippen molar-refractivity contribution in [3.05, 3.63) is 130 Å². The first-order chi connectivity index (χ1) is 14.5. The molecular formula is C28H22O2. The molecule has 146 valence electrons. The third kappa shape index (κ3) is 4.13. The summed E-state index contributed by atoms with van der Waals surface area (Å²) < 4.78 is 0. The van der Waals surface area contributed by atoms with Crippen LogP contribution < -0.4 is 0 Å². The quantitative estimate of drug-likeness (QED) is 0.368. The number of hydrogen-bond donors (Lipinski definition) is 0. The van der Waals surface area contributed by atoms with E-state index < -0.39 is 0 Å². The molecule has 0 aliphatic heterocycles. The molecule has 4 rings (SSSR count). The van der Waals surface area contributed by atoms with Crippen molar-refractivity contribution < 1.29 is 9.59 Å². The van der Waals surface area contributed by atoms with Gasteiger partial charge in [0.15, 0.2) is 11.6 Å². The molecule has 0 aromatic heterocycles. The van der Waals surface area contributed by atoms with Gasteiger partial charge >= 0.3 is 0 Å². The van der Waals surface area contributed by atoms with Gasteiger partial charge in [0.25, 0.3) is 0 Å². The van der Waals surface area contributed by atoms with Crippen LogP contribution in [0.25, 0.3) is 11.1 Å². The van der Waals surface area contributed by atoms with E-state index in [0.717, 1.165) is 22.3 Å². The number of aryl methyl sites for hydroxylation is 2. The van der Waals surface area contributed by atoms with Crippen molar-refractivity contribution >= 4 is 11.6 Å². The maximum absolute atomic E-state index is 13.2. The third-order valence-corrected chi connectivity index (χ3v) is 5.19. The highest BCUT2D eigenvalue weighted by Gasteiger charge is 2.16. The van der Waals surface area contributed by atoms with E-state index in [1.54, 1.807) is 6.07 Å². The third-order valence-electron chi connectivity index (χ3n) is 5.19. The zero-order valence-corrected chi connectivity index (χ0v) is 17.1. The van der Waals surface area contributed by atoms with Crippen molar-refractivity contribution in [1.82, 2.24) is 0 Å². The second-order valence-corrected chi connectivity index (χ2v) is 7.56. The fourth-order valence-corrected chi connectivity index (χ4v) is 3.43. The standard InChI is InChI=1S/C28H22O2/c1-19-8-12-22(13-9-19)27(29)25-16-24(21-6-4-3-5-7-21)17-26(18-25)28(30)23-14-10-20(2)11-15-23/h3-18H,1-2H3. The minimum atomic E-state index is -0.0919. The van der Waals surface area contributed by atoms with Gasteiger partial charge in [0.2, 0.25) is 0 Å². The summed E-state index contributed by atoms with van der Waals surface area (Å²) >= 11 is 0. The first-order valence-electron chi connectivity index (χ1n) is 9.94. The Balaban J connectivity index is 1.82. The molecule has 0 bridgehead atoms. The van der Waals surface area contributed by atoms with Gasteiger partial charge in [-0.05, 0) is 43.2 Å². The van der Waals surface area contributed by atoms with Gasteiger partial charge in [0, 0.05) is 22.3 Å². The SMILES string of the molecule is Cc1ccc(C(=O)c2cc(C(=O)c3ccc(C)cc3)cc(-c3ccccc3)c2)cc1.